The fraction of sp³-hybridized carbons (Fsp3) is 0.722. The molecule has 1 saturated heterocycles. The van der Waals surface area contributed by atoms with Gasteiger partial charge in [-0.25, -0.2) is 9.97 Å². The van der Waals surface area contributed by atoms with E-state index in [0.717, 1.165) is 44.8 Å². The molecule has 2 heterocycles. The molecular weight excluding hydrogens is 350 g/mol. The summed E-state index contributed by atoms with van der Waals surface area (Å²) in [5, 5.41) is 3.71. The molecule has 1 aromatic heterocycles. The molecular formula is C18H29N5O2S. The van der Waals surface area contributed by atoms with Crippen LogP contribution in [0.2, 0.25) is 0 Å². The van der Waals surface area contributed by atoms with E-state index in [-0.39, 0.29) is 11.4 Å². The number of aromatic nitrogens is 2. The molecule has 0 aromatic carbocycles. The molecule has 3 N–H and O–H groups in total. The predicted molar refractivity (Wildman–Crippen MR) is 103 cm³/mol. The Balaban J connectivity index is 1.53. The number of anilines is 1. The van der Waals surface area contributed by atoms with Gasteiger partial charge in [-0.3, -0.25) is 9.69 Å². The van der Waals surface area contributed by atoms with E-state index in [9.17, 15) is 4.79 Å². The third-order valence-electron chi connectivity index (χ3n) is 5.27. The molecule has 1 saturated carbocycles. The van der Waals surface area contributed by atoms with Crippen molar-refractivity contribution >= 4 is 23.5 Å². The van der Waals surface area contributed by atoms with Crippen molar-refractivity contribution in [3.8, 4) is 0 Å². The highest BCUT2D eigenvalue weighted by Crippen LogP contribution is 2.33. The van der Waals surface area contributed by atoms with Gasteiger partial charge in [0.2, 0.25) is 5.91 Å². The van der Waals surface area contributed by atoms with Crippen LogP contribution in [0, 0.1) is 6.92 Å². The number of thioether (sulfide) groups is 1. The Hall–Kier alpha value is -1.38. The average molecular weight is 380 g/mol. The number of ether oxygens (including phenoxy) is 1. The summed E-state index contributed by atoms with van der Waals surface area (Å²) in [4.78, 5) is 23.4. The van der Waals surface area contributed by atoms with Crippen molar-refractivity contribution in [2.75, 3.05) is 44.3 Å². The molecule has 0 radical (unpaired) electrons. The highest BCUT2D eigenvalue weighted by Gasteiger charge is 2.38. The number of rotatable bonds is 6. The van der Waals surface area contributed by atoms with Crippen molar-refractivity contribution < 1.29 is 9.53 Å². The maximum atomic E-state index is 12.4. The van der Waals surface area contributed by atoms with E-state index in [1.807, 2.05) is 6.92 Å². The summed E-state index contributed by atoms with van der Waals surface area (Å²) >= 11 is 1.33. The van der Waals surface area contributed by atoms with Gasteiger partial charge < -0.3 is 15.8 Å². The van der Waals surface area contributed by atoms with Crippen LogP contribution in [0.5, 0.6) is 0 Å². The van der Waals surface area contributed by atoms with Gasteiger partial charge in [-0.05, 0) is 19.8 Å². The highest BCUT2D eigenvalue weighted by molar-refractivity contribution is 7.99. The minimum atomic E-state index is 0.0249. The Labute approximate surface area is 159 Å². The van der Waals surface area contributed by atoms with E-state index in [1.54, 1.807) is 6.07 Å². The summed E-state index contributed by atoms with van der Waals surface area (Å²) in [6.45, 7) is 6.08. The standard InChI is InChI=1S/C18H29N5O2S/c1-14-11-15(19)22-17(21-14)26-12-16(24)20-13-18(5-3-2-4-6-18)23-7-9-25-10-8-23/h11H,2-10,12-13H2,1H3,(H,20,24)(H2,19,21,22). The second-order valence-electron chi connectivity index (χ2n) is 7.17. The number of nitrogens with zero attached hydrogens (tertiary/aromatic N) is 3. The molecule has 1 aliphatic carbocycles. The first-order valence-electron chi connectivity index (χ1n) is 9.41. The molecule has 2 fully saturated rings. The molecule has 8 heteroatoms. The van der Waals surface area contributed by atoms with Gasteiger partial charge in [0.25, 0.3) is 0 Å². The Kier molecular flexibility index (Phi) is 6.72. The van der Waals surface area contributed by atoms with Crippen LogP contribution < -0.4 is 11.1 Å². The monoisotopic (exact) mass is 379 g/mol. The zero-order valence-corrected chi connectivity index (χ0v) is 16.3. The molecule has 26 heavy (non-hydrogen) atoms. The maximum absolute atomic E-state index is 12.4. The molecule has 1 amide bonds. The third kappa shape index (κ3) is 5.08. The number of nitrogen functional groups attached to an aromatic ring is 1. The van der Waals surface area contributed by atoms with Crippen LogP contribution in [0.1, 0.15) is 37.8 Å². The summed E-state index contributed by atoms with van der Waals surface area (Å²) in [5.74, 6) is 0.771. The van der Waals surface area contributed by atoms with Crippen LogP contribution in [0.3, 0.4) is 0 Å². The molecule has 0 bridgehead atoms. The lowest BCUT2D eigenvalue weighted by Crippen LogP contribution is -2.59. The molecule has 1 aliphatic heterocycles. The Morgan fingerprint density at radius 3 is 2.73 bits per heavy atom. The lowest BCUT2D eigenvalue weighted by molar-refractivity contribution is -0.119. The van der Waals surface area contributed by atoms with Crippen molar-refractivity contribution in [3.63, 3.8) is 0 Å². The van der Waals surface area contributed by atoms with E-state index in [4.69, 9.17) is 10.5 Å². The quantitative estimate of drug-likeness (QED) is 0.573. The third-order valence-corrected chi connectivity index (χ3v) is 6.11. The van der Waals surface area contributed by atoms with Gasteiger partial charge in [0.05, 0.1) is 19.0 Å². The lowest BCUT2D eigenvalue weighted by atomic mass is 9.79. The van der Waals surface area contributed by atoms with Gasteiger partial charge in [-0.15, -0.1) is 0 Å². The summed E-state index contributed by atoms with van der Waals surface area (Å²) < 4.78 is 5.51. The van der Waals surface area contributed by atoms with Crippen molar-refractivity contribution in [1.29, 1.82) is 0 Å². The van der Waals surface area contributed by atoms with Crippen LogP contribution >= 0.6 is 11.8 Å². The normalized spacial score (nSPS) is 20.7. The number of carbonyl (C=O) groups excluding carboxylic acids is 1. The summed E-state index contributed by atoms with van der Waals surface area (Å²) in [7, 11) is 0. The van der Waals surface area contributed by atoms with Gasteiger partial charge >= 0.3 is 0 Å². The van der Waals surface area contributed by atoms with Crippen molar-refractivity contribution in [2.24, 2.45) is 0 Å². The largest absolute Gasteiger partial charge is 0.384 e. The molecule has 0 atom stereocenters. The molecule has 144 valence electrons. The number of hydrogen-bond donors (Lipinski definition) is 2. The molecule has 1 aromatic rings. The van der Waals surface area contributed by atoms with Gasteiger partial charge in [-0.2, -0.15) is 0 Å². The van der Waals surface area contributed by atoms with Crippen molar-refractivity contribution in [1.82, 2.24) is 20.2 Å². The lowest BCUT2D eigenvalue weighted by Gasteiger charge is -2.48. The number of amides is 1. The second kappa shape index (κ2) is 9.01. The summed E-state index contributed by atoms with van der Waals surface area (Å²) in [6, 6.07) is 1.72. The van der Waals surface area contributed by atoms with Crippen LogP contribution in [-0.2, 0) is 9.53 Å². The van der Waals surface area contributed by atoms with Crippen LogP contribution in [0.15, 0.2) is 11.2 Å². The highest BCUT2D eigenvalue weighted by atomic mass is 32.2. The van der Waals surface area contributed by atoms with E-state index in [0.29, 0.717) is 23.3 Å². The zero-order valence-electron chi connectivity index (χ0n) is 15.5. The Morgan fingerprint density at radius 1 is 1.31 bits per heavy atom. The predicted octanol–water partition coefficient (Wildman–Crippen LogP) is 1.61. The smallest absolute Gasteiger partial charge is 0.230 e. The summed E-state index contributed by atoms with van der Waals surface area (Å²) in [5.41, 5.74) is 6.64. The minimum absolute atomic E-state index is 0.0249. The maximum Gasteiger partial charge on any atom is 0.230 e. The van der Waals surface area contributed by atoms with E-state index >= 15 is 0 Å². The van der Waals surface area contributed by atoms with E-state index < -0.39 is 0 Å². The van der Waals surface area contributed by atoms with Crippen LogP contribution in [-0.4, -0.2) is 64.9 Å². The SMILES string of the molecule is Cc1cc(N)nc(SCC(=O)NCC2(N3CCOCC3)CCCCC2)n1. The number of nitrogens with two attached hydrogens (primary N) is 1. The zero-order chi connectivity index (χ0) is 18.4. The Bertz CT molecular complexity index is 595. The number of carbonyl (C=O) groups is 1. The van der Waals surface area contributed by atoms with Crippen molar-refractivity contribution in [2.45, 2.75) is 49.7 Å². The van der Waals surface area contributed by atoms with Gasteiger partial charge in [0.1, 0.15) is 5.82 Å². The molecule has 3 rings (SSSR count). The average Bonchev–Trinajstić information content (AvgIpc) is 2.65. The van der Waals surface area contributed by atoms with Gasteiger partial charge in [-0.1, -0.05) is 31.0 Å². The summed E-state index contributed by atoms with van der Waals surface area (Å²) in [6.07, 6.45) is 6.06. The topological polar surface area (TPSA) is 93.4 Å². The molecule has 0 spiro atoms. The van der Waals surface area contributed by atoms with Crippen LogP contribution in [0.25, 0.3) is 0 Å². The van der Waals surface area contributed by atoms with Gasteiger partial charge in [0, 0.05) is 36.9 Å². The fourth-order valence-corrected chi connectivity index (χ4v) is 4.67. The Morgan fingerprint density at radius 2 is 2.04 bits per heavy atom. The molecule has 0 unspecified atom stereocenters. The van der Waals surface area contributed by atoms with Crippen LogP contribution in [0.4, 0.5) is 5.82 Å². The molecule has 7 nitrogen and oxygen atoms in total. The second-order valence-corrected chi connectivity index (χ2v) is 8.11. The number of morpholine rings is 1. The number of hydrogen-bond acceptors (Lipinski definition) is 7. The minimum Gasteiger partial charge on any atom is -0.384 e. The van der Waals surface area contributed by atoms with Crippen molar-refractivity contribution in [3.05, 3.63) is 11.8 Å². The molecule has 2 aliphatic rings. The van der Waals surface area contributed by atoms with Gasteiger partial charge in [0.15, 0.2) is 5.16 Å². The number of aryl methyl sites for hydroxylation is 1. The number of nitrogens with one attached hydrogen (secondary N) is 1. The fourth-order valence-electron chi connectivity index (χ4n) is 3.93. The first-order valence-corrected chi connectivity index (χ1v) is 10.4. The first kappa shape index (κ1) is 19.4. The first-order chi connectivity index (χ1) is 12.6. The van der Waals surface area contributed by atoms with E-state index in [1.165, 1.54) is 31.0 Å². The van der Waals surface area contributed by atoms with E-state index in [2.05, 4.69) is 20.2 Å².